The molecule has 2 aliphatic heterocycles. The zero-order chi connectivity index (χ0) is 28.4. The molecule has 0 radical (unpaired) electrons. The van der Waals surface area contributed by atoms with Crippen molar-refractivity contribution in [3.63, 3.8) is 0 Å². The minimum atomic E-state index is -0.687. The lowest BCUT2D eigenvalue weighted by Gasteiger charge is -2.42. The summed E-state index contributed by atoms with van der Waals surface area (Å²) in [6, 6.07) is 11.6. The molecule has 6 rings (SSSR count). The molecular weight excluding hydrogens is 519 g/mol. The first-order chi connectivity index (χ1) is 20.0. The van der Waals surface area contributed by atoms with Gasteiger partial charge in [0.2, 0.25) is 5.91 Å². The lowest BCUT2D eigenvalue weighted by atomic mass is 9.69. The molecule has 0 saturated carbocycles. The van der Waals surface area contributed by atoms with Crippen molar-refractivity contribution in [1.82, 2.24) is 19.8 Å². The number of amides is 1. The number of nitriles is 1. The van der Waals surface area contributed by atoms with Crippen molar-refractivity contribution in [2.24, 2.45) is 0 Å². The Morgan fingerprint density at radius 2 is 2.05 bits per heavy atom. The lowest BCUT2D eigenvalue weighted by Crippen LogP contribution is -2.55. The van der Waals surface area contributed by atoms with Crippen molar-refractivity contribution in [3.05, 3.63) is 58.8 Å². The zero-order valence-electron chi connectivity index (χ0n) is 23.9. The number of anilines is 1. The number of rotatable bonds is 7. The normalized spacial score (nSPS) is 25.9. The number of alkyl halides is 1. The third kappa shape index (κ3) is 5.42. The molecule has 3 heterocycles. The number of fused-ring (bicyclic) bond motifs is 3. The molecule has 0 bridgehead atoms. The van der Waals surface area contributed by atoms with E-state index in [0.717, 1.165) is 62.1 Å². The molecule has 3 unspecified atom stereocenters. The van der Waals surface area contributed by atoms with Crippen molar-refractivity contribution in [3.8, 4) is 12.1 Å². The van der Waals surface area contributed by atoms with Crippen LogP contribution in [0.1, 0.15) is 54.5 Å². The number of likely N-dealkylation sites (N-methyl/N-ethyl adjacent to an activating group) is 1. The van der Waals surface area contributed by atoms with Gasteiger partial charge in [-0.2, -0.15) is 15.2 Å². The second kappa shape index (κ2) is 11.8. The fourth-order valence-corrected chi connectivity index (χ4v) is 7.42. The lowest BCUT2D eigenvalue weighted by molar-refractivity contribution is -0.128. The highest BCUT2D eigenvalue weighted by Gasteiger charge is 2.43. The number of benzene rings is 1. The smallest absolute Gasteiger partial charge is 0.318 e. The van der Waals surface area contributed by atoms with Crippen molar-refractivity contribution < 1.29 is 13.9 Å². The maximum Gasteiger partial charge on any atom is 0.318 e. The number of hydrogen-bond donors (Lipinski definition) is 0. The number of carbonyl (C=O) groups is 1. The van der Waals surface area contributed by atoms with E-state index in [9.17, 15) is 14.4 Å². The summed E-state index contributed by atoms with van der Waals surface area (Å²) in [7, 11) is 2.14. The Bertz CT molecular complexity index is 1360. The van der Waals surface area contributed by atoms with Gasteiger partial charge in [0.15, 0.2) is 0 Å². The van der Waals surface area contributed by atoms with Crippen LogP contribution in [0.25, 0.3) is 0 Å². The first-order valence-corrected chi connectivity index (χ1v) is 15.0. The van der Waals surface area contributed by atoms with Crippen LogP contribution in [0.5, 0.6) is 6.01 Å². The Hall–Kier alpha value is -3.51. The van der Waals surface area contributed by atoms with Crippen LogP contribution in [0.2, 0.25) is 0 Å². The number of carbonyl (C=O) groups excluding carboxylic acids is 1. The average Bonchev–Trinajstić information content (AvgIpc) is 3.57. The molecular formula is C32H39FN6O2. The first kappa shape index (κ1) is 27.6. The van der Waals surface area contributed by atoms with E-state index in [4.69, 9.17) is 14.7 Å². The summed E-state index contributed by atoms with van der Waals surface area (Å²) in [5.74, 6) is 0.624. The molecule has 4 aliphatic rings. The predicted molar refractivity (Wildman–Crippen MR) is 155 cm³/mol. The Balaban J connectivity index is 1.31. The standard InChI is InChI=1S/C32H39FN6O2/c1-37-17-5-7-25(37)22-41-31-35-28-20-32(13-10-23-6-2-3-8-27(23)32)14-11-26(28)30(36-31)38-18-19-39(24(21-38)12-16-34)29(40)9-4-15-33/h2-4,6,8-9,24-25H,5,7,10-15,17-22H2,1H3/b9-4+. The van der Waals surface area contributed by atoms with Crippen molar-refractivity contribution in [2.45, 2.75) is 68.9 Å². The SMILES string of the molecule is CN1CCCC1COc1nc2c(c(N3CCN(C(=O)/C=C/CF)C(CC#N)C3)n1)CCC1(CCc3ccccc31)C2. The predicted octanol–water partition coefficient (Wildman–Crippen LogP) is 3.78. The molecule has 9 heteroatoms. The summed E-state index contributed by atoms with van der Waals surface area (Å²) in [4.78, 5) is 29.0. The molecule has 1 aromatic heterocycles. The molecule has 0 N–H and O–H groups in total. The summed E-state index contributed by atoms with van der Waals surface area (Å²) in [5, 5.41) is 9.55. The summed E-state index contributed by atoms with van der Waals surface area (Å²) in [6.07, 6.45) is 10.0. The molecule has 1 amide bonds. The first-order valence-electron chi connectivity index (χ1n) is 15.0. The molecule has 3 atom stereocenters. The van der Waals surface area contributed by atoms with Gasteiger partial charge in [-0.05, 0) is 75.7 Å². The number of likely N-dealkylation sites (tertiary alicyclic amines) is 1. The topological polar surface area (TPSA) is 85.6 Å². The summed E-state index contributed by atoms with van der Waals surface area (Å²) in [5.41, 5.74) is 5.23. The second-order valence-corrected chi connectivity index (χ2v) is 12.0. The number of nitrogens with zero attached hydrogens (tertiary/aromatic N) is 6. The van der Waals surface area contributed by atoms with E-state index < -0.39 is 6.67 Å². The maximum atomic E-state index is 12.7. The molecule has 2 saturated heterocycles. The van der Waals surface area contributed by atoms with Gasteiger partial charge in [-0.15, -0.1) is 0 Å². The van der Waals surface area contributed by atoms with Crippen LogP contribution in [-0.2, 0) is 29.5 Å². The molecule has 41 heavy (non-hydrogen) atoms. The maximum absolute atomic E-state index is 12.7. The number of halogens is 1. The zero-order valence-corrected chi connectivity index (χ0v) is 23.9. The largest absolute Gasteiger partial charge is 0.462 e. The summed E-state index contributed by atoms with van der Waals surface area (Å²) < 4.78 is 19.0. The van der Waals surface area contributed by atoms with Gasteiger partial charge in [-0.3, -0.25) is 4.79 Å². The van der Waals surface area contributed by atoms with Crippen LogP contribution in [-0.4, -0.2) is 84.3 Å². The summed E-state index contributed by atoms with van der Waals surface area (Å²) in [6.45, 7) is 2.47. The fraction of sp³-hybridized carbons (Fsp3) is 0.562. The second-order valence-electron chi connectivity index (χ2n) is 12.0. The van der Waals surface area contributed by atoms with Gasteiger partial charge in [0, 0.05) is 42.7 Å². The van der Waals surface area contributed by atoms with E-state index in [2.05, 4.69) is 47.2 Å². The average molecular weight is 559 g/mol. The van der Waals surface area contributed by atoms with E-state index in [1.54, 1.807) is 4.90 Å². The highest BCUT2D eigenvalue weighted by Crippen LogP contribution is 2.48. The highest BCUT2D eigenvalue weighted by atomic mass is 19.1. The molecule has 2 aromatic rings. The van der Waals surface area contributed by atoms with Crippen molar-refractivity contribution in [1.29, 1.82) is 5.26 Å². The number of ether oxygens (including phenoxy) is 1. The van der Waals surface area contributed by atoms with E-state index in [1.807, 2.05) is 0 Å². The molecule has 2 aliphatic carbocycles. The number of allylic oxidation sites excluding steroid dienone is 1. The molecule has 2 fully saturated rings. The van der Waals surface area contributed by atoms with Gasteiger partial charge in [0.1, 0.15) is 19.1 Å². The van der Waals surface area contributed by atoms with Gasteiger partial charge >= 0.3 is 6.01 Å². The minimum absolute atomic E-state index is 0.0926. The van der Waals surface area contributed by atoms with Gasteiger partial charge < -0.3 is 19.4 Å². The van der Waals surface area contributed by atoms with Crippen molar-refractivity contribution >= 4 is 11.7 Å². The van der Waals surface area contributed by atoms with E-state index in [1.165, 1.54) is 29.7 Å². The van der Waals surface area contributed by atoms with E-state index in [-0.39, 0.29) is 23.8 Å². The number of piperazine rings is 1. The summed E-state index contributed by atoms with van der Waals surface area (Å²) >= 11 is 0. The monoisotopic (exact) mass is 558 g/mol. The van der Waals surface area contributed by atoms with Crippen LogP contribution in [0.4, 0.5) is 10.2 Å². The molecule has 216 valence electrons. The van der Waals surface area contributed by atoms with E-state index in [0.29, 0.717) is 38.3 Å². The van der Waals surface area contributed by atoms with Gasteiger partial charge in [-0.1, -0.05) is 24.3 Å². The molecule has 1 spiro atoms. The molecule has 8 nitrogen and oxygen atoms in total. The number of hydrogen-bond acceptors (Lipinski definition) is 7. The van der Waals surface area contributed by atoms with E-state index >= 15 is 0 Å². The van der Waals surface area contributed by atoms with Crippen LogP contribution in [0, 0.1) is 11.3 Å². The Kier molecular flexibility index (Phi) is 7.94. The van der Waals surface area contributed by atoms with Gasteiger partial charge in [0.25, 0.3) is 0 Å². The van der Waals surface area contributed by atoms with Gasteiger partial charge in [-0.25, -0.2) is 4.39 Å². The van der Waals surface area contributed by atoms with Crippen LogP contribution < -0.4 is 9.64 Å². The Labute approximate surface area is 241 Å². The quantitative estimate of drug-likeness (QED) is 0.478. The Morgan fingerprint density at radius 1 is 1.20 bits per heavy atom. The third-order valence-corrected chi connectivity index (χ3v) is 9.69. The van der Waals surface area contributed by atoms with Crippen LogP contribution >= 0.6 is 0 Å². The third-order valence-electron chi connectivity index (χ3n) is 9.69. The van der Waals surface area contributed by atoms with Gasteiger partial charge in [0.05, 0.1) is 24.2 Å². The Morgan fingerprint density at radius 3 is 2.85 bits per heavy atom. The van der Waals surface area contributed by atoms with Crippen LogP contribution in [0.3, 0.4) is 0 Å². The number of aromatic nitrogens is 2. The van der Waals surface area contributed by atoms with Crippen molar-refractivity contribution in [2.75, 3.05) is 51.4 Å². The number of aryl methyl sites for hydroxylation is 1. The highest BCUT2D eigenvalue weighted by molar-refractivity contribution is 5.88. The van der Waals surface area contributed by atoms with Crippen LogP contribution in [0.15, 0.2) is 36.4 Å². The fourth-order valence-electron chi connectivity index (χ4n) is 7.42. The minimum Gasteiger partial charge on any atom is -0.462 e. The molecule has 1 aromatic carbocycles.